The maximum atomic E-state index is 5.57. The van der Waals surface area contributed by atoms with Crippen LogP contribution in [0.2, 0.25) is 0 Å². The van der Waals surface area contributed by atoms with E-state index in [-0.39, 0.29) is 0 Å². The van der Waals surface area contributed by atoms with Crippen LogP contribution in [0.4, 0.5) is 0 Å². The first-order chi connectivity index (χ1) is 9.49. The van der Waals surface area contributed by atoms with Crippen molar-refractivity contribution in [1.82, 2.24) is 14.5 Å². The van der Waals surface area contributed by atoms with Gasteiger partial charge in [-0.15, -0.1) is 0 Å². The van der Waals surface area contributed by atoms with Gasteiger partial charge in [-0.3, -0.25) is 4.90 Å². The Bertz CT molecular complexity index is 405. The van der Waals surface area contributed by atoms with E-state index in [4.69, 9.17) is 5.73 Å². The normalized spacial score (nSPS) is 21.9. The molecule has 2 rings (SSSR count). The number of imidazole rings is 1. The molecule has 0 aliphatic carbocycles. The third-order valence-electron chi connectivity index (χ3n) is 4.51. The molecule has 0 radical (unpaired) electrons. The summed E-state index contributed by atoms with van der Waals surface area (Å²) in [6.07, 6.45) is 8.02. The number of hydrogen-bond acceptors (Lipinski definition) is 3. The number of rotatable bonds is 4. The van der Waals surface area contributed by atoms with E-state index in [1.54, 1.807) is 0 Å². The molecule has 2 heterocycles. The van der Waals surface area contributed by atoms with Crippen LogP contribution in [-0.2, 0) is 13.1 Å². The Morgan fingerprint density at radius 3 is 2.80 bits per heavy atom. The Hall–Kier alpha value is -0.870. The first-order valence-corrected chi connectivity index (χ1v) is 7.92. The van der Waals surface area contributed by atoms with E-state index >= 15 is 0 Å². The molecule has 1 aliphatic heterocycles. The van der Waals surface area contributed by atoms with Gasteiger partial charge in [0.15, 0.2) is 0 Å². The average Bonchev–Trinajstić information content (AvgIpc) is 2.65. The summed E-state index contributed by atoms with van der Waals surface area (Å²) in [5, 5.41) is 0. The topological polar surface area (TPSA) is 47.1 Å². The maximum absolute atomic E-state index is 5.57. The van der Waals surface area contributed by atoms with Crippen LogP contribution in [0.1, 0.15) is 45.7 Å². The van der Waals surface area contributed by atoms with Crippen LogP contribution in [-0.4, -0.2) is 34.1 Å². The predicted octanol–water partition coefficient (Wildman–Crippen LogP) is 2.49. The number of nitrogens with two attached hydrogens (primary N) is 1. The van der Waals surface area contributed by atoms with Crippen LogP contribution < -0.4 is 5.73 Å². The zero-order valence-electron chi connectivity index (χ0n) is 13.3. The minimum atomic E-state index is 0.443. The summed E-state index contributed by atoms with van der Waals surface area (Å²) in [7, 11) is 0. The Labute approximate surface area is 123 Å². The molecule has 0 saturated carbocycles. The zero-order chi connectivity index (χ0) is 14.6. The zero-order valence-corrected chi connectivity index (χ0v) is 13.3. The minimum absolute atomic E-state index is 0.443. The van der Waals surface area contributed by atoms with Gasteiger partial charge in [-0.05, 0) is 43.7 Å². The Kier molecular flexibility index (Phi) is 5.22. The molecule has 1 unspecified atom stereocenters. The van der Waals surface area contributed by atoms with Gasteiger partial charge in [-0.2, -0.15) is 0 Å². The molecule has 1 fully saturated rings. The molecule has 0 amide bonds. The fourth-order valence-electron chi connectivity index (χ4n) is 3.17. The third kappa shape index (κ3) is 4.32. The quantitative estimate of drug-likeness (QED) is 0.920. The smallest absolute Gasteiger partial charge is 0.0950 e. The van der Waals surface area contributed by atoms with Crippen molar-refractivity contribution in [2.24, 2.45) is 17.1 Å². The molecule has 1 atom stereocenters. The molecule has 4 nitrogen and oxygen atoms in total. The molecule has 2 N–H and O–H groups in total. The predicted molar refractivity (Wildman–Crippen MR) is 83.4 cm³/mol. The summed E-state index contributed by atoms with van der Waals surface area (Å²) in [5.41, 5.74) is 7.19. The van der Waals surface area contributed by atoms with Crippen LogP contribution in [0, 0.1) is 11.3 Å². The Balaban J connectivity index is 1.87. The molecule has 1 aromatic heterocycles. The Morgan fingerprint density at radius 2 is 2.10 bits per heavy atom. The molecule has 1 saturated heterocycles. The van der Waals surface area contributed by atoms with Gasteiger partial charge in [0.05, 0.1) is 12.0 Å². The lowest BCUT2D eigenvalue weighted by Gasteiger charge is -2.29. The molecular formula is C16H30N4. The summed E-state index contributed by atoms with van der Waals surface area (Å²) in [6, 6.07) is 0. The summed E-state index contributed by atoms with van der Waals surface area (Å²) >= 11 is 0. The first-order valence-electron chi connectivity index (χ1n) is 7.92. The van der Waals surface area contributed by atoms with E-state index in [9.17, 15) is 0 Å². The van der Waals surface area contributed by atoms with Gasteiger partial charge in [-0.1, -0.05) is 20.8 Å². The molecular weight excluding hydrogens is 248 g/mol. The lowest BCUT2D eigenvalue weighted by molar-refractivity contribution is 0.206. The van der Waals surface area contributed by atoms with Gasteiger partial charge in [0.1, 0.15) is 0 Å². The lowest BCUT2D eigenvalue weighted by atomic mass is 9.77. The number of aromatic nitrogens is 2. The second-order valence-electron chi connectivity index (χ2n) is 7.16. The summed E-state index contributed by atoms with van der Waals surface area (Å²) in [4.78, 5) is 7.05. The second kappa shape index (κ2) is 6.72. The largest absolute Gasteiger partial charge is 0.336 e. The average molecular weight is 278 g/mol. The standard InChI is InChI=1S/C16H30N4/c1-16(2,3)14-5-4-8-19(9-6-14)11-15-12-20(10-7-17)13-18-15/h12-14H,4-11,17H2,1-3H3. The molecule has 4 heteroatoms. The van der Waals surface area contributed by atoms with Gasteiger partial charge >= 0.3 is 0 Å². The molecule has 0 bridgehead atoms. The highest BCUT2D eigenvalue weighted by Crippen LogP contribution is 2.34. The number of likely N-dealkylation sites (tertiary alicyclic amines) is 1. The van der Waals surface area contributed by atoms with Gasteiger partial charge in [0.2, 0.25) is 0 Å². The first kappa shape index (κ1) is 15.5. The Morgan fingerprint density at radius 1 is 1.30 bits per heavy atom. The van der Waals surface area contributed by atoms with Crippen LogP contribution in [0.25, 0.3) is 0 Å². The van der Waals surface area contributed by atoms with Gasteiger partial charge < -0.3 is 10.3 Å². The number of nitrogens with zero attached hydrogens (tertiary/aromatic N) is 3. The molecule has 0 spiro atoms. The van der Waals surface area contributed by atoms with E-state index in [0.717, 1.165) is 19.0 Å². The lowest BCUT2D eigenvalue weighted by Crippen LogP contribution is -2.26. The van der Waals surface area contributed by atoms with Crippen molar-refractivity contribution in [2.75, 3.05) is 19.6 Å². The number of hydrogen-bond donors (Lipinski definition) is 1. The fraction of sp³-hybridized carbons (Fsp3) is 0.812. The second-order valence-corrected chi connectivity index (χ2v) is 7.16. The monoisotopic (exact) mass is 278 g/mol. The minimum Gasteiger partial charge on any atom is -0.336 e. The van der Waals surface area contributed by atoms with Crippen molar-refractivity contribution >= 4 is 0 Å². The van der Waals surface area contributed by atoms with Gasteiger partial charge in [-0.25, -0.2) is 4.98 Å². The summed E-state index contributed by atoms with van der Waals surface area (Å²) < 4.78 is 2.09. The molecule has 1 aliphatic rings. The van der Waals surface area contributed by atoms with Crippen molar-refractivity contribution in [3.8, 4) is 0 Å². The van der Waals surface area contributed by atoms with Crippen molar-refractivity contribution < 1.29 is 0 Å². The molecule has 1 aromatic rings. The van der Waals surface area contributed by atoms with Gasteiger partial charge in [0.25, 0.3) is 0 Å². The fourth-order valence-corrected chi connectivity index (χ4v) is 3.17. The van der Waals surface area contributed by atoms with Crippen molar-refractivity contribution in [2.45, 2.75) is 53.1 Å². The molecule has 0 aromatic carbocycles. The maximum Gasteiger partial charge on any atom is 0.0950 e. The molecule has 20 heavy (non-hydrogen) atoms. The van der Waals surface area contributed by atoms with E-state index in [2.05, 4.69) is 41.4 Å². The van der Waals surface area contributed by atoms with E-state index in [1.807, 2.05) is 6.33 Å². The van der Waals surface area contributed by atoms with Crippen molar-refractivity contribution in [1.29, 1.82) is 0 Å². The van der Waals surface area contributed by atoms with Crippen LogP contribution in [0.5, 0.6) is 0 Å². The van der Waals surface area contributed by atoms with Crippen molar-refractivity contribution in [3.05, 3.63) is 18.2 Å². The van der Waals surface area contributed by atoms with Crippen LogP contribution in [0.15, 0.2) is 12.5 Å². The summed E-state index contributed by atoms with van der Waals surface area (Å²) in [6.45, 7) is 12.0. The molecule has 114 valence electrons. The van der Waals surface area contributed by atoms with Gasteiger partial charge in [0, 0.05) is 25.8 Å². The van der Waals surface area contributed by atoms with E-state index in [1.165, 1.54) is 38.0 Å². The third-order valence-corrected chi connectivity index (χ3v) is 4.51. The highest BCUT2D eigenvalue weighted by Gasteiger charge is 2.27. The summed E-state index contributed by atoms with van der Waals surface area (Å²) in [5.74, 6) is 0.849. The van der Waals surface area contributed by atoms with Crippen LogP contribution >= 0.6 is 0 Å². The highest BCUT2D eigenvalue weighted by atomic mass is 15.1. The van der Waals surface area contributed by atoms with E-state index < -0.39 is 0 Å². The van der Waals surface area contributed by atoms with Crippen LogP contribution in [0.3, 0.4) is 0 Å². The van der Waals surface area contributed by atoms with E-state index in [0.29, 0.717) is 12.0 Å². The SMILES string of the molecule is CC(C)(C)C1CCCN(Cc2cn(CCN)cn2)CC1. The highest BCUT2D eigenvalue weighted by molar-refractivity contribution is 4.97. The van der Waals surface area contributed by atoms with Crippen molar-refractivity contribution in [3.63, 3.8) is 0 Å².